The number of halogens is 1. The zero-order valence-corrected chi connectivity index (χ0v) is 17.8. The number of hydrogen-bond donors (Lipinski definition) is 1. The molecule has 2 aliphatic rings. The monoisotopic (exact) mass is 427 g/mol. The maximum Gasteiger partial charge on any atom is 0.244 e. The Kier molecular flexibility index (Phi) is 6.57. The molecular weight excluding hydrogens is 402 g/mol. The van der Waals surface area contributed by atoms with Crippen LogP contribution < -0.4 is 14.8 Å². The number of piperazine rings is 1. The Bertz CT molecular complexity index is 911. The van der Waals surface area contributed by atoms with Crippen molar-refractivity contribution in [3.63, 3.8) is 0 Å². The van der Waals surface area contributed by atoms with E-state index >= 15 is 0 Å². The van der Waals surface area contributed by atoms with Gasteiger partial charge in [0.25, 0.3) is 0 Å². The van der Waals surface area contributed by atoms with Gasteiger partial charge < -0.3 is 19.7 Å². The van der Waals surface area contributed by atoms with E-state index in [0.29, 0.717) is 16.5 Å². The summed E-state index contributed by atoms with van der Waals surface area (Å²) < 4.78 is 10.7. The molecule has 0 spiro atoms. The highest BCUT2D eigenvalue weighted by Gasteiger charge is 2.21. The largest absolute Gasteiger partial charge is 0.454 e. The maximum absolute atomic E-state index is 12.7. The van der Waals surface area contributed by atoms with Gasteiger partial charge in [0.05, 0.1) is 11.1 Å². The summed E-state index contributed by atoms with van der Waals surface area (Å²) in [6, 6.07) is 13.6. The number of fused-ring (bicyclic) bond motifs is 1. The van der Waals surface area contributed by atoms with Gasteiger partial charge in [-0.05, 0) is 36.4 Å². The fourth-order valence-corrected chi connectivity index (χ4v) is 3.96. The zero-order valence-electron chi connectivity index (χ0n) is 17.0. The third kappa shape index (κ3) is 5.14. The van der Waals surface area contributed by atoms with Crippen LogP contribution in [0, 0.1) is 0 Å². The van der Waals surface area contributed by atoms with E-state index in [-0.39, 0.29) is 18.7 Å². The first-order valence-corrected chi connectivity index (χ1v) is 10.5. The van der Waals surface area contributed by atoms with E-state index in [9.17, 15) is 4.79 Å². The van der Waals surface area contributed by atoms with Gasteiger partial charge in [0.1, 0.15) is 0 Å². The Labute approximate surface area is 182 Å². The van der Waals surface area contributed by atoms with Crippen molar-refractivity contribution in [1.29, 1.82) is 0 Å². The summed E-state index contributed by atoms with van der Waals surface area (Å²) in [6.45, 7) is 5.03. The van der Waals surface area contributed by atoms with E-state index in [1.165, 1.54) is 6.08 Å². The molecule has 2 aromatic rings. The first-order chi connectivity index (χ1) is 14.6. The van der Waals surface area contributed by atoms with E-state index in [0.717, 1.165) is 43.9 Å². The van der Waals surface area contributed by atoms with Crippen molar-refractivity contribution in [3.8, 4) is 11.5 Å². The average molecular weight is 428 g/mol. The molecular formula is C23H26ClN3O3. The number of nitrogens with zero attached hydrogens (tertiary/aromatic N) is 2. The molecule has 1 unspecified atom stereocenters. The first kappa shape index (κ1) is 20.7. The molecule has 2 aliphatic heterocycles. The number of rotatable bonds is 6. The van der Waals surface area contributed by atoms with E-state index in [1.807, 2.05) is 24.3 Å². The van der Waals surface area contributed by atoms with Crippen LogP contribution in [0.5, 0.6) is 11.5 Å². The predicted octanol–water partition coefficient (Wildman–Crippen LogP) is 3.19. The van der Waals surface area contributed by atoms with Gasteiger partial charge in [-0.15, -0.1) is 0 Å². The van der Waals surface area contributed by atoms with Crippen molar-refractivity contribution >= 4 is 23.6 Å². The maximum atomic E-state index is 12.7. The predicted molar refractivity (Wildman–Crippen MR) is 118 cm³/mol. The molecule has 1 saturated heterocycles. The van der Waals surface area contributed by atoms with Gasteiger partial charge in [0, 0.05) is 38.8 Å². The third-order valence-corrected chi connectivity index (χ3v) is 5.71. The Morgan fingerprint density at radius 3 is 2.70 bits per heavy atom. The molecule has 2 heterocycles. The number of amides is 1. The molecule has 158 valence electrons. The molecule has 0 radical (unpaired) electrons. The number of ether oxygens (including phenoxy) is 2. The summed E-state index contributed by atoms with van der Waals surface area (Å²) in [5.41, 5.74) is 1.89. The summed E-state index contributed by atoms with van der Waals surface area (Å²) in [6.07, 6.45) is 3.27. The van der Waals surface area contributed by atoms with Gasteiger partial charge in [-0.3, -0.25) is 9.69 Å². The van der Waals surface area contributed by atoms with Crippen molar-refractivity contribution in [3.05, 3.63) is 64.7 Å². The molecule has 1 fully saturated rings. The molecule has 2 aromatic carbocycles. The van der Waals surface area contributed by atoms with Gasteiger partial charge in [0.15, 0.2) is 11.5 Å². The summed E-state index contributed by atoms with van der Waals surface area (Å²) in [5, 5.41) is 3.63. The normalized spacial score (nSPS) is 17.9. The lowest BCUT2D eigenvalue weighted by Crippen LogP contribution is -2.47. The van der Waals surface area contributed by atoms with Crippen molar-refractivity contribution in [2.45, 2.75) is 6.04 Å². The van der Waals surface area contributed by atoms with Crippen molar-refractivity contribution in [2.24, 2.45) is 0 Å². The van der Waals surface area contributed by atoms with Crippen LogP contribution >= 0.6 is 11.6 Å². The smallest absolute Gasteiger partial charge is 0.244 e. The standard InChI is InChI=1S/C23H26ClN3O3/c1-26-9-11-27(12-10-26)15-20(18-5-3-2-4-6-18)25-22(28)8-7-17-13-19(24)23-21(14-17)29-16-30-23/h2-8,13-14,20H,9-12,15-16H2,1H3,(H,25,28)/b8-7+. The van der Waals surface area contributed by atoms with Crippen LogP contribution in [-0.4, -0.2) is 62.3 Å². The molecule has 1 atom stereocenters. The average Bonchev–Trinajstić information content (AvgIpc) is 3.23. The van der Waals surface area contributed by atoms with Crippen molar-refractivity contribution < 1.29 is 14.3 Å². The van der Waals surface area contributed by atoms with E-state index in [2.05, 4.69) is 34.3 Å². The van der Waals surface area contributed by atoms with Crippen LogP contribution in [0.3, 0.4) is 0 Å². The van der Waals surface area contributed by atoms with Crippen molar-refractivity contribution in [1.82, 2.24) is 15.1 Å². The molecule has 1 amide bonds. The fourth-order valence-electron chi connectivity index (χ4n) is 3.68. The molecule has 0 saturated carbocycles. The third-order valence-electron chi connectivity index (χ3n) is 5.43. The second kappa shape index (κ2) is 9.51. The highest BCUT2D eigenvalue weighted by Crippen LogP contribution is 2.40. The Morgan fingerprint density at radius 1 is 1.17 bits per heavy atom. The van der Waals surface area contributed by atoms with Crippen molar-refractivity contribution in [2.75, 3.05) is 46.6 Å². The highest BCUT2D eigenvalue weighted by atomic mass is 35.5. The summed E-state index contributed by atoms with van der Waals surface area (Å²) >= 11 is 6.22. The number of hydrogen-bond acceptors (Lipinski definition) is 5. The number of likely N-dealkylation sites (N-methyl/N-ethyl adjacent to an activating group) is 1. The van der Waals surface area contributed by atoms with E-state index in [1.54, 1.807) is 12.1 Å². The lowest BCUT2D eigenvalue weighted by atomic mass is 10.1. The van der Waals surface area contributed by atoms with Crippen LogP contribution in [0.15, 0.2) is 48.5 Å². The number of carbonyl (C=O) groups is 1. The molecule has 1 N–H and O–H groups in total. The van der Waals surface area contributed by atoms with Gasteiger partial charge in [-0.1, -0.05) is 41.9 Å². The van der Waals surface area contributed by atoms with Crippen LogP contribution in [-0.2, 0) is 4.79 Å². The SMILES string of the molecule is CN1CCN(CC(NC(=O)/C=C/c2cc(Cl)c3c(c2)OCO3)c2ccccc2)CC1. The van der Waals surface area contributed by atoms with Gasteiger partial charge >= 0.3 is 0 Å². The minimum atomic E-state index is -0.147. The zero-order chi connectivity index (χ0) is 20.9. The number of nitrogens with one attached hydrogen (secondary N) is 1. The quantitative estimate of drug-likeness (QED) is 0.717. The number of benzene rings is 2. The fraction of sp³-hybridized carbons (Fsp3) is 0.348. The van der Waals surface area contributed by atoms with Crippen LogP contribution in [0.1, 0.15) is 17.2 Å². The Balaban J connectivity index is 1.44. The van der Waals surface area contributed by atoms with Gasteiger partial charge in [0.2, 0.25) is 12.7 Å². The van der Waals surface area contributed by atoms with Crippen LogP contribution in [0.25, 0.3) is 6.08 Å². The number of carbonyl (C=O) groups excluding carboxylic acids is 1. The summed E-state index contributed by atoms with van der Waals surface area (Å²) in [5.74, 6) is 1.00. The molecule has 7 heteroatoms. The molecule has 30 heavy (non-hydrogen) atoms. The summed E-state index contributed by atoms with van der Waals surface area (Å²) in [4.78, 5) is 17.4. The second-order valence-corrected chi connectivity index (χ2v) is 8.05. The van der Waals surface area contributed by atoms with Crippen LogP contribution in [0.2, 0.25) is 5.02 Å². The van der Waals surface area contributed by atoms with Gasteiger partial charge in [-0.2, -0.15) is 0 Å². The van der Waals surface area contributed by atoms with Crippen LogP contribution in [0.4, 0.5) is 0 Å². The summed E-state index contributed by atoms with van der Waals surface area (Å²) in [7, 11) is 2.14. The van der Waals surface area contributed by atoms with Gasteiger partial charge in [-0.25, -0.2) is 0 Å². The highest BCUT2D eigenvalue weighted by molar-refractivity contribution is 6.32. The molecule has 0 aromatic heterocycles. The Morgan fingerprint density at radius 2 is 1.93 bits per heavy atom. The second-order valence-electron chi connectivity index (χ2n) is 7.65. The van der Waals surface area contributed by atoms with E-state index in [4.69, 9.17) is 21.1 Å². The molecule has 0 aliphatic carbocycles. The first-order valence-electron chi connectivity index (χ1n) is 10.1. The molecule has 6 nitrogen and oxygen atoms in total. The lowest BCUT2D eigenvalue weighted by molar-refractivity contribution is -0.117. The minimum absolute atomic E-state index is 0.0768. The topological polar surface area (TPSA) is 54.0 Å². The minimum Gasteiger partial charge on any atom is -0.454 e. The molecule has 4 rings (SSSR count). The van der Waals surface area contributed by atoms with E-state index < -0.39 is 0 Å². The lowest BCUT2D eigenvalue weighted by Gasteiger charge is -2.34. The molecule has 0 bridgehead atoms. The Hall–Kier alpha value is -2.54.